The number of aliphatic imine (C=N–C) groups is 1. The van der Waals surface area contributed by atoms with E-state index in [-0.39, 0.29) is 29.6 Å². The number of carbonyl (C=O) groups is 1. The highest BCUT2D eigenvalue weighted by atomic mass is 32.2. The molecule has 3 heterocycles. The Bertz CT molecular complexity index is 1770. The standard InChI is InChI=1S/C35H32N2O5S/c38-34-35(21-25-9-3-1-4-10-25)32(42-33(36-35)27-17-15-26(16-18-27)29-23-41-24-29)31-14-8-7-11-28(31)22-37(34)19-20-43(39,40)30-12-5-2-6-13-30/h1-18,29,32H,19-24H2/t32-,35-/m0/s1. The number of carbonyl (C=O) groups excluding carboxylic acids is 1. The smallest absolute Gasteiger partial charge is 0.255 e. The van der Waals surface area contributed by atoms with Crippen LogP contribution in [-0.2, 0) is 37.1 Å². The number of hydrogen-bond acceptors (Lipinski definition) is 6. The third-order valence-corrected chi connectivity index (χ3v) is 10.3. The van der Waals surface area contributed by atoms with Crippen molar-refractivity contribution in [3.8, 4) is 0 Å². The molecule has 3 aliphatic rings. The molecule has 7 rings (SSSR count). The van der Waals surface area contributed by atoms with E-state index in [1.807, 2.05) is 66.7 Å². The lowest BCUT2D eigenvalue weighted by Gasteiger charge is -2.32. The molecule has 8 heteroatoms. The first-order valence-corrected chi connectivity index (χ1v) is 16.2. The summed E-state index contributed by atoms with van der Waals surface area (Å²) in [7, 11) is -3.61. The zero-order chi connectivity index (χ0) is 29.4. The summed E-state index contributed by atoms with van der Waals surface area (Å²) in [5.41, 5.74) is 3.46. The fourth-order valence-corrected chi connectivity index (χ4v) is 7.44. The number of amides is 1. The Morgan fingerprint density at radius 3 is 2.21 bits per heavy atom. The SMILES string of the molecule is O=C1N(CCS(=O)(=O)c2ccccc2)Cc2ccccc2[C@@H]2OC(c3ccc(C4COC4)cc3)=N[C@]12Cc1ccccc1. The molecule has 218 valence electrons. The highest BCUT2D eigenvalue weighted by Gasteiger charge is 2.56. The highest BCUT2D eigenvalue weighted by molar-refractivity contribution is 7.91. The molecule has 7 nitrogen and oxygen atoms in total. The van der Waals surface area contributed by atoms with E-state index in [2.05, 4.69) is 12.1 Å². The summed E-state index contributed by atoms with van der Waals surface area (Å²) in [6, 6.07) is 34.2. The first-order chi connectivity index (χ1) is 20.9. The van der Waals surface area contributed by atoms with Crippen LogP contribution in [0.4, 0.5) is 0 Å². The van der Waals surface area contributed by atoms with Crippen molar-refractivity contribution in [2.45, 2.75) is 35.4 Å². The molecule has 0 unspecified atom stereocenters. The average Bonchev–Trinajstić information content (AvgIpc) is 3.36. The van der Waals surface area contributed by atoms with E-state index in [0.717, 1.165) is 35.5 Å². The molecule has 1 saturated heterocycles. The maximum absolute atomic E-state index is 14.8. The summed E-state index contributed by atoms with van der Waals surface area (Å²) >= 11 is 0. The first kappa shape index (κ1) is 27.6. The molecule has 1 amide bonds. The van der Waals surface area contributed by atoms with Crippen LogP contribution in [0, 0.1) is 0 Å². The largest absolute Gasteiger partial charge is 0.466 e. The highest BCUT2D eigenvalue weighted by Crippen LogP contribution is 2.46. The number of ether oxygens (including phenoxy) is 2. The Kier molecular flexibility index (Phi) is 7.11. The van der Waals surface area contributed by atoms with E-state index in [1.165, 1.54) is 5.56 Å². The molecule has 0 spiro atoms. The average molecular weight is 593 g/mol. The van der Waals surface area contributed by atoms with Crippen molar-refractivity contribution in [1.29, 1.82) is 0 Å². The number of fused-ring (bicyclic) bond motifs is 3. The van der Waals surface area contributed by atoms with Gasteiger partial charge in [0.1, 0.15) is 0 Å². The zero-order valence-corrected chi connectivity index (χ0v) is 24.5. The zero-order valence-electron chi connectivity index (χ0n) is 23.6. The van der Waals surface area contributed by atoms with Gasteiger partial charge in [0.05, 0.1) is 23.9 Å². The number of nitrogens with zero attached hydrogens (tertiary/aromatic N) is 2. The minimum absolute atomic E-state index is 0.0384. The van der Waals surface area contributed by atoms with Gasteiger partial charge < -0.3 is 14.4 Å². The lowest BCUT2D eigenvalue weighted by molar-refractivity contribution is -0.139. The Labute approximate surface area is 251 Å². The van der Waals surface area contributed by atoms with Crippen molar-refractivity contribution in [2.24, 2.45) is 4.99 Å². The second-order valence-electron chi connectivity index (χ2n) is 11.4. The molecule has 2 atom stereocenters. The van der Waals surface area contributed by atoms with Gasteiger partial charge in [0, 0.05) is 36.6 Å². The Morgan fingerprint density at radius 2 is 1.51 bits per heavy atom. The quantitative estimate of drug-likeness (QED) is 0.284. The summed E-state index contributed by atoms with van der Waals surface area (Å²) in [5, 5.41) is 0. The Hall–Kier alpha value is -4.27. The van der Waals surface area contributed by atoms with Crippen molar-refractivity contribution >= 4 is 21.6 Å². The third kappa shape index (κ3) is 5.15. The van der Waals surface area contributed by atoms with Crippen molar-refractivity contribution in [3.05, 3.63) is 137 Å². The molecule has 0 aliphatic carbocycles. The van der Waals surface area contributed by atoms with Gasteiger partial charge in [0.15, 0.2) is 21.5 Å². The summed E-state index contributed by atoms with van der Waals surface area (Å²) in [4.78, 5) is 21.8. The molecule has 4 aromatic carbocycles. The maximum Gasteiger partial charge on any atom is 0.255 e. The van der Waals surface area contributed by atoms with E-state index in [9.17, 15) is 13.2 Å². The van der Waals surface area contributed by atoms with E-state index in [1.54, 1.807) is 35.2 Å². The molecule has 3 aliphatic heterocycles. The predicted octanol–water partition coefficient (Wildman–Crippen LogP) is 5.12. The molecule has 0 saturated carbocycles. The molecule has 4 aromatic rings. The Morgan fingerprint density at radius 1 is 0.837 bits per heavy atom. The summed E-state index contributed by atoms with van der Waals surface area (Å²) < 4.78 is 38.5. The second-order valence-corrected chi connectivity index (χ2v) is 13.5. The van der Waals surface area contributed by atoms with Gasteiger partial charge in [-0.25, -0.2) is 13.4 Å². The molecule has 0 N–H and O–H groups in total. The molecular weight excluding hydrogens is 560 g/mol. The minimum atomic E-state index is -3.61. The predicted molar refractivity (Wildman–Crippen MR) is 164 cm³/mol. The van der Waals surface area contributed by atoms with Crippen LogP contribution in [0.5, 0.6) is 0 Å². The fraction of sp³-hybridized carbons (Fsp3) is 0.257. The summed E-state index contributed by atoms with van der Waals surface area (Å²) in [6.45, 7) is 1.76. The minimum Gasteiger partial charge on any atom is -0.466 e. The summed E-state index contributed by atoms with van der Waals surface area (Å²) in [5.74, 6) is 0.379. The summed E-state index contributed by atoms with van der Waals surface area (Å²) in [6.07, 6.45) is -0.351. The lowest BCUT2D eigenvalue weighted by Crippen LogP contribution is -2.50. The van der Waals surface area contributed by atoms with Gasteiger partial charge in [0.25, 0.3) is 5.91 Å². The van der Waals surface area contributed by atoms with Crippen LogP contribution in [0.1, 0.15) is 39.8 Å². The Balaban J connectivity index is 1.30. The second kappa shape index (κ2) is 11.1. The van der Waals surface area contributed by atoms with Crippen molar-refractivity contribution in [2.75, 3.05) is 25.5 Å². The van der Waals surface area contributed by atoms with Crippen LogP contribution >= 0.6 is 0 Å². The molecule has 1 fully saturated rings. The number of benzene rings is 4. The van der Waals surface area contributed by atoms with Crippen molar-refractivity contribution < 1.29 is 22.7 Å². The first-order valence-electron chi connectivity index (χ1n) is 14.6. The molecular formula is C35H32N2O5S. The van der Waals surface area contributed by atoms with E-state index >= 15 is 0 Å². The van der Waals surface area contributed by atoms with Gasteiger partial charge in [-0.2, -0.15) is 0 Å². The van der Waals surface area contributed by atoms with E-state index in [4.69, 9.17) is 14.5 Å². The van der Waals surface area contributed by atoms with Gasteiger partial charge in [-0.3, -0.25) is 4.79 Å². The number of sulfone groups is 1. The van der Waals surface area contributed by atoms with Crippen molar-refractivity contribution in [3.63, 3.8) is 0 Å². The number of rotatable bonds is 8. The normalized spacial score (nSPS) is 21.7. The van der Waals surface area contributed by atoms with E-state index in [0.29, 0.717) is 18.2 Å². The topological polar surface area (TPSA) is 85.3 Å². The molecule has 0 bridgehead atoms. The lowest BCUT2D eigenvalue weighted by atomic mass is 9.81. The van der Waals surface area contributed by atoms with Crippen LogP contribution in [0.3, 0.4) is 0 Å². The van der Waals surface area contributed by atoms with Crippen molar-refractivity contribution in [1.82, 2.24) is 4.90 Å². The number of hydrogen-bond donors (Lipinski definition) is 0. The van der Waals surface area contributed by atoms with E-state index < -0.39 is 21.5 Å². The van der Waals surface area contributed by atoms with Crippen LogP contribution in [0.25, 0.3) is 0 Å². The molecule has 0 radical (unpaired) electrons. The molecule has 43 heavy (non-hydrogen) atoms. The molecule has 0 aromatic heterocycles. The van der Waals surface area contributed by atoms with Gasteiger partial charge in [-0.05, 0) is 41.0 Å². The van der Waals surface area contributed by atoms with Crippen LogP contribution in [-0.4, -0.2) is 56.2 Å². The van der Waals surface area contributed by atoms with Gasteiger partial charge in [-0.15, -0.1) is 0 Å². The van der Waals surface area contributed by atoms with Gasteiger partial charge in [0.2, 0.25) is 5.90 Å². The van der Waals surface area contributed by atoms with Crippen LogP contribution in [0.15, 0.2) is 119 Å². The monoisotopic (exact) mass is 592 g/mol. The fourth-order valence-electron chi connectivity index (χ4n) is 6.17. The van der Waals surface area contributed by atoms with Gasteiger partial charge in [-0.1, -0.05) is 84.9 Å². The van der Waals surface area contributed by atoms with Crippen LogP contribution < -0.4 is 0 Å². The van der Waals surface area contributed by atoms with Gasteiger partial charge >= 0.3 is 0 Å². The van der Waals surface area contributed by atoms with Crippen LogP contribution in [0.2, 0.25) is 0 Å². The third-order valence-electron chi connectivity index (χ3n) is 8.64. The maximum atomic E-state index is 14.8.